The number of sulfone groups is 1. The third kappa shape index (κ3) is 2.94. The summed E-state index contributed by atoms with van der Waals surface area (Å²) < 4.78 is 26.1. The van der Waals surface area contributed by atoms with E-state index in [-0.39, 0.29) is 16.5 Å². The van der Waals surface area contributed by atoms with Gasteiger partial charge in [0.1, 0.15) is 10.1 Å². The lowest BCUT2D eigenvalue weighted by Crippen LogP contribution is -2.32. The smallest absolute Gasteiger partial charge is 0.261 e. The fraction of sp³-hybridized carbons (Fsp3) is 0.455. The van der Waals surface area contributed by atoms with Crippen LogP contribution < -0.4 is 10.9 Å². The van der Waals surface area contributed by atoms with Gasteiger partial charge in [0.15, 0.2) is 15.7 Å². The second-order valence-corrected chi connectivity index (χ2v) is 11.5. The van der Waals surface area contributed by atoms with E-state index in [9.17, 15) is 18.3 Å². The van der Waals surface area contributed by atoms with Crippen LogP contribution in [0.1, 0.15) is 63.7 Å². The molecule has 1 atom stereocenters. The van der Waals surface area contributed by atoms with Crippen molar-refractivity contribution in [2.75, 3.05) is 5.32 Å². The normalized spacial score (nSPS) is 22.5. The van der Waals surface area contributed by atoms with Crippen LogP contribution in [0.3, 0.4) is 0 Å². The summed E-state index contributed by atoms with van der Waals surface area (Å²) in [6, 6.07) is 6.91. The van der Waals surface area contributed by atoms with Crippen molar-refractivity contribution < 1.29 is 13.5 Å². The van der Waals surface area contributed by atoms with Crippen LogP contribution in [0.2, 0.25) is 0 Å². The van der Waals surface area contributed by atoms with Crippen molar-refractivity contribution in [1.29, 1.82) is 0 Å². The minimum absolute atomic E-state index is 0.144. The Bertz CT molecular complexity index is 1330. The van der Waals surface area contributed by atoms with Gasteiger partial charge in [0, 0.05) is 17.4 Å². The van der Waals surface area contributed by atoms with Crippen LogP contribution in [0.25, 0.3) is 10.9 Å². The first-order valence-electron chi connectivity index (χ1n) is 10.7. The average molecular weight is 443 g/mol. The lowest BCUT2D eigenvalue weighted by molar-refractivity contribution is 0.144. The van der Waals surface area contributed by atoms with E-state index in [1.807, 2.05) is 10.7 Å². The Hall–Kier alpha value is -2.65. The summed E-state index contributed by atoms with van der Waals surface area (Å²) >= 11 is 0. The number of hydrogen-bond donors (Lipinski definition) is 3. The first kappa shape index (κ1) is 20.3. The van der Waals surface area contributed by atoms with E-state index in [4.69, 9.17) is 5.10 Å². The molecular weight excluding hydrogens is 416 g/mol. The first-order valence-corrected chi connectivity index (χ1v) is 12.1. The largest absolute Gasteiger partial charge is 0.387 e. The molecule has 1 saturated carbocycles. The number of anilines is 2. The molecule has 3 heterocycles. The number of aromatic nitrogens is 3. The Morgan fingerprint density at radius 3 is 2.68 bits per heavy atom. The van der Waals surface area contributed by atoms with E-state index in [0.29, 0.717) is 22.5 Å². The Morgan fingerprint density at radius 2 is 1.94 bits per heavy atom. The molecule has 0 spiro atoms. The molecule has 1 fully saturated rings. The van der Waals surface area contributed by atoms with Gasteiger partial charge in [-0.2, -0.15) is 5.10 Å². The van der Waals surface area contributed by atoms with Crippen LogP contribution in [-0.2, 0) is 9.84 Å². The molecule has 1 aliphatic carbocycles. The Labute approximate surface area is 180 Å². The zero-order chi connectivity index (χ0) is 22.0. The van der Waals surface area contributed by atoms with Gasteiger partial charge in [-0.05, 0) is 51.0 Å². The number of benzene rings is 1. The molecule has 3 N–H and O–H groups in total. The molecular formula is C22H26N4O4S. The lowest BCUT2D eigenvalue weighted by atomic mass is 9.95. The van der Waals surface area contributed by atoms with Crippen LogP contribution in [0, 0.1) is 0 Å². The average Bonchev–Trinajstić information content (AvgIpc) is 3.18. The van der Waals surface area contributed by atoms with Crippen molar-refractivity contribution in [3.8, 4) is 0 Å². The fourth-order valence-electron chi connectivity index (χ4n) is 4.82. The van der Waals surface area contributed by atoms with Gasteiger partial charge in [-0.1, -0.05) is 19.3 Å². The molecule has 0 amide bonds. The van der Waals surface area contributed by atoms with Crippen molar-refractivity contribution in [2.45, 2.75) is 67.7 Å². The lowest BCUT2D eigenvalue weighted by Gasteiger charge is -2.22. The number of fused-ring (bicyclic) bond motifs is 2. The number of aromatic amines is 1. The van der Waals surface area contributed by atoms with Crippen molar-refractivity contribution >= 4 is 32.2 Å². The summed E-state index contributed by atoms with van der Waals surface area (Å²) in [7, 11) is -3.63. The molecule has 3 aromatic rings. The van der Waals surface area contributed by atoms with E-state index in [0.717, 1.165) is 31.2 Å². The topological polar surface area (TPSA) is 117 Å². The molecule has 31 heavy (non-hydrogen) atoms. The highest BCUT2D eigenvalue weighted by molar-refractivity contribution is 7.93. The minimum atomic E-state index is -3.63. The third-order valence-electron chi connectivity index (χ3n) is 6.76. The molecule has 164 valence electrons. The summed E-state index contributed by atoms with van der Waals surface area (Å²) in [4.78, 5) is 15.5. The van der Waals surface area contributed by atoms with Gasteiger partial charge in [-0.3, -0.25) is 9.48 Å². The van der Waals surface area contributed by atoms with Gasteiger partial charge < -0.3 is 15.4 Å². The highest BCUT2D eigenvalue weighted by Crippen LogP contribution is 2.47. The molecule has 1 aromatic carbocycles. The number of aliphatic hydroxyl groups is 1. The van der Waals surface area contributed by atoms with E-state index in [1.54, 1.807) is 18.3 Å². The van der Waals surface area contributed by atoms with Gasteiger partial charge in [-0.25, -0.2) is 8.42 Å². The number of pyridine rings is 1. The van der Waals surface area contributed by atoms with Crippen LogP contribution in [0.5, 0.6) is 0 Å². The number of nitrogens with zero attached hydrogens (tertiary/aromatic N) is 2. The maximum atomic E-state index is 12.7. The van der Waals surface area contributed by atoms with E-state index in [2.05, 4.69) is 10.3 Å². The molecule has 0 radical (unpaired) electrons. The van der Waals surface area contributed by atoms with Gasteiger partial charge in [0.05, 0.1) is 22.6 Å². The van der Waals surface area contributed by atoms with Gasteiger partial charge in [-0.15, -0.1) is 0 Å². The summed E-state index contributed by atoms with van der Waals surface area (Å²) in [5, 5.41) is 19.1. The third-order valence-corrected chi connectivity index (χ3v) is 9.32. The molecule has 2 aromatic heterocycles. The van der Waals surface area contributed by atoms with Crippen molar-refractivity contribution in [3.63, 3.8) is 0 Å². The second kappa shape index (κ2) is 6.93. The maximum Gasteiger partial charge on any atom is 0.261 e. The van der Waals surface area contributed by atoms with E-state index < -0.39 is 20.7 Å². The SMILES string of the molecule is CC1(C)C(O)c2cc(Nc3nn(C4CCCCC4)c4cc[nH]c(=O)c34)ccc2S1(=O)=O. The molecule has 9 heteroatoms. The quantitative estimate of drug-likeness (QED) is 0.571. The Kier molecular flexibility index (Phi) is 4.53. The van der Waals surface area contributed by atoms with Crippen LogP contribution in [0.15, 0.2) is 40.2 Å². The van der Waals surface area contributed by atoms with Crippen molar-refractivity contribution in [1.82, 2.24) is 14.8 Å². The number of nitrogens with one attached hydrogen (secondary N) is 2. The van der Waals surface area contributed by atoms with Crippen LogP contribution >= 0.6 is 0 Å². The molecule has 1 unspecified atom stereocenters. The molecule has 8 nitrogen and oxygen atoms in total. The fourth-order valence-corrected chi connectivity index (χ4v) is 6.53. The number of aliphatic hydroxyl groups excluding tert-OH is 1. The summed E-state index contributed by atoms with van der Waals surface area (Å²) in [5.74, 6) is 0.428. The summed E-state index contributed by atoms with van der Waals surface area (Å²) in [6.45, 7) is 3.05. The maximum absolute atomic E-state index is 12.7. The van der Waals surface area contributed by atoms with Gasteiger partial charge in [0.25, 0.3) is 5.56 Å². The molecule has 0 saturated heterocycles. The number of hydrogen-bond acceptors (Lipinski definition) is 6. The molecule has 2 aliphatic rings. The summed E-state index contributed by atoms with van der Waals surface area (Å²) in [6.07, 6.45) is 6.07. The molecule has 0 bridgehead atoms. The minimum Gasteiger partial charge on any atom is -0.387 e. The number of rotatable bonds is 3. The summed E-state index contributed by atoms with van der Waals surface area (Å²) in [5.41, 5.74) is 1.49. The zero-order valence-corrected chi connectivity index (χ0v) is 18.4. The monoisotopic (exact) mass is 442 g/mol. The van der Waals surface area contributed by atoms with Crippen LogP contribution in [0.4, 0.5) is 11.5 Å². The standard InChI is InChI=1S/C22H26N4O4S/c1-22(2)19(27)15-12-13(8-9-17(15)31(22,29)30)24-20-18-16(10-11-23-21(18)28)26(25-20)14-6-4-3-5-7-14/h8-12,14,19,27H,3-7H2,1-2H3,(H,23,28)(H,24,25). The zero-order valence-electron chi connectivity index (χ0n) is 17.6. The van der Waals surface area contributed by atoms with Crippen molar-refractivity contribution in [3.05, 3.63) is 46.4 Å². The van der Waals surface area contributed by atoms with Crippen LogP contribution in [-0.4, -0.2) is 33.0 Å². The predicted molar refractivity (Wildman–Crippen MR) is 118 cm³/mol. The Balaban J connectivity index is 1.58. The van der Waals surface area contributed by atoms with Gasteiger partial charge >= 0.3 is 0 Å². The molecule has 1 aliphatic heterocycles. The Morgan fingerprint density at radius 1 is 1.19 bits per heavy atom. The highest BCUT2D eigenvalue weighted by atomic mass is 32.2. The van der Waals surface area contributed by atoms with Gasteiger partial charge in [0.2, 0.25) is 0 Å². The second-order valence-electron chi connectivity index (χ2n) is 9.04. The van der Waals surface area contributed by atoms with Crippen molar-refractivity contribution in [2.24, 2.45) is 0 Å². The van der Waals surface area contributed by atoms with E-state index >= 15 is 0 Å². The number of H-pyrrole nitrogens is 1. The predicted octanol–water partition coefficient (Wildman–Crippen LogP) is 3.57. The molecule has 5 rings (SSSR count). The first-order chi connectivity index (χ1) is 14.7. The van der Waals surface area contributed by atoms with E-state index in [1.165, 1.54) is 26.3 Å². The highest BCUT2D eigenvalue weighted by Gasteiger charge is 2.51.